The van der Waals surface area contributed by atoms with E-state index < -0.39 is 11.6 Å². The maximum absolute atomic E-state index is 12.8. The van der Waals surface area contributed by atoms with Crippen LogP contribution in [0.3, 0.4) is 0 Å². The van der Waals surface area contributed by atoms with Crippen molar-refractivity contribution in [1.29, 1.82) is 0 Å². The second-order valence-corrected chi connectivity index (χ2v) is 3.17. The van der Waals surface area contributed by atoms with Gasteiger partial charge in [-0.05, 0) is 23.7 Å². The zero-order valence-electron chi connectivity index (χ0n) is 7.41. The van der Waals surface area contributed by atoms with E-state index in [4.69, 9.17) is 16.0 Å². The molecule has 0 atom stereocenters. The number of aromatic nitrogens is 1. The highest BCUT2D eigenvalue weighted by Gasteiger charge is 2.15. The van der Waals surface area contributed by atoms with Crippen LogP contribution in [0.4, 0.5) is 4.39 Å². The Morgan fingerprint density at radius 2 is 2.27 bits per heavy atom. The minimum Gasteiger partial charge on any atom is -0.452 e. The summed E-state index contributed by atoms with van der Waals surface area (Å²) in [6.45, 7) is 0. The van der Waals surface area contributed by atoms with E-state index in [0.717, 1.165) is 12.3 Å². The summed E-state index contributed by atoms with van der Waals surface area (Å²) in [5, 5.41) is -0.00994. The van der Waals surface area contributed by atoms with Crippen molar-refractivity contribution >= 4 is 17.4 Å². The van der Waals surface area contributed by atoms with Gasteiger partial charge in [0.05, 0.1) is 18.0 Å². The largest absolute Gasteiger partial charge is 0.452 e. The Morgan fingerprint density at radius 3 is 2.87 bits per heavy atom. The normalized spacial score (nSPS) is 10.3. The number of carbonyl (C=O) groups is 1. The number of ketones is 1. The van der Waals surface area contributed by atoms with E-state index >= 15 is 0 Å². The molecule has 0 aliphatic heterocycles. The highest BCUT2D eigenvalue weighted by molar-refractivity contribution is 6.33. The number of nitrogens with zero attached hydrogens (tertiary/aromatic N) is 1. The number of hydrogen-bond acceptors (Lipinski definition) is 3. The van der Waals surface area contributed by atoms with Crippen molar-refractivity contribution in [3.8, 4) is 0 Å². The molecule has 0 amide bonds. The molecule has 2 heterocycles. The first kappa shape index (κ1) is 9.86. The lowest BCUT2D eigenvalue weighted by atomic mass is 10.1. The molecular weight excluding hydrogens is 221 g/mol. The van der Waals surface area contributed by atoms with E-state index in [9.17, 15) is 9.18 Å². The van der Waals surface area contributed by atoms with Crippen LogP contribution in [0.1, 0.15) is 15.9 Å². The molecule has 0 fully saturated rings. The number of carbonyl (C=O) groups excluding carboxylic acids is 1. The molecule has 15 heavy (non-hydrogen) atoms. The van der Waals surface area contributed by atoms with Gasteiger partial charge < -0.3 is 4.42 Å². The Kier molecular flexibility index (Phi) is 2.51. The molecule has 0 aliphatic carbocycles. The van der Waals surface area contributed by atoms with Crippen LogP contribution in [-0.2, 0) is 0 Å². The summed E-state index contributed by atoms with van der Waals surface area (Å²) in [4.78, 5) is 15.3. The number of halogens is 2. The molecule has 0 saturated heterocycles. The van der Waals surface area contributed by atoms with Gasteiger partial charge in [-0.25, -0.2) is 4.39 Å². The van der Waals surface area contributed by atoms with E-state index in [1.54, 1.807) is 0 Å². The number of pyridine rings is 1. The van der Waals surface area contributed by atoms with Gasteiger partial charge in [-0.15, -0.1) is 0 Å². The van der Waals surface area contributed by atoms with Crippen LogP contribution in [-0.4, -0.2) is 10.8 Å². The molecule has 0 aromatic carbocycles. The van der Waals surface area contributed by atoms with Crippen molar-refractivity contribution < 1.29 is 13.6 Å². The summed E-state index contributed by atoms with van der Waals surface area (Å²) in [5.74, 6) is -0.985. The van der Waals surface area contributed by atoms with Crippen LogP contribution in [0.5, 0.6) is 0 Å². The van der Waals surface area contributed by atoms with Gasteiger partial charge in [0.15, 0.2) is 5.78 Å². The highest BCUT2D eigenvalue weighted by atomic mass is 35.5. The van der Waals surface area contributed by atoms with E-state index in [1.807, 2.05) is 0 Å². The summed E-state index contributed by atoms with van der Waals surface area (Å²) < 4.78 is 17.6. The third kappa shape index (κ3) is 1.89. The van der Waals surface area contributed by atoms with Crippen LogP contribution in [0.25, 0.3) is 0 Å². The van der Waals surface area contributed by atoms with Gasteiger partial charge in [-0.3, -0.25) is 9.78 Å². The summed E-state index contributed by atoms with van der Waals surface area (Å²) in [6, 6.07) is 2.52. The van der Waals surface area contributed by atoms with Crippen LogP contribution in [0.15, 0.2) is 35.2 Å². The minimum absolute atomic E-state index is 0.00994. The van der Waals surface area contributed by atoms with Crippen molar-refractivity contribution in [3.05, 3.63) is 53.0 Å². The summed E-state index contributed by atoms with van der Waals surface area (Å²) in [6.07, 6.45) is 3.59. The average molecular weight is 226 g/mol. The fourth-order valence-electron chi connectivity index (χ4n) is 1.15. The molecule has 2 aromatic rings. The zero-order valence-corrected chi connectivity index (χ0v) is 8.16. The maximum atomic E-state index is 12.8. The smallest absolute Gasteiger partial charge is 0.204 e. The lowest BCUT2D eigenvalue weighted by Crippen LogP contribution is -2.01. The maximum Gasteiger partial charge on any atom is 0.204 e. The molecule has 2 rings (SSSR count). The van der Waals surface area contributed by atoms with Gasteiger partial charge >= 0.3 is 0 Å². The van der Waals surface area contributed by atoms with Crippen LogP contribution in [0, 0.1) is 5.82 Å². The van der Waals surface area contributed by atoms with E-state index in [1.165, 1.54) is 18.5 Å². The first-order valence-corrected chi connectivity index (χ1v) is 4.44. The minimum atomic E-state index is -0.569. The van der Waals surface area contributed by atoms with Crippen LogP contribution < -0.4 is 0 Å². The van der Waals surface area contributed by atoms with Crippen molar-refractivity contribution in [2.45, 2.75) is 0 Å². The Bertz CT molecular complexity index is 510. The second-order valence-electron chi connectivity index (χ2n) is 2.83. The van der Waals surface area contributed by atoms with Crippen LogP contribution in [0.2, 0.25) is 5.22 Å². The summed E-state index contributed by atoms with van der Waals surface area (Å²) in [5.41, 5.74) is 0.336. The molecule has 0 saturated carbocycles. The molecule has 0 spiro atoms. The third-order valence-electron chi connectivity index (χ3n) is 1.83. The van der Waals surface area contributed by atoms with Crippen LogP contribution >= 0.6 is 11.6 Å². The predicted octanol–water partition coefficient (Wildman–Crippen LogP) is 2.70. The lowest BCUT2D eigenvalue weighted by molar-refractivity contribution is 0.103. The average Bonchev–Trinajstić information content (AvgIpc) is 2.63. The summed E-state index contributed by atoms with van der Waals surface area (Å²) in [7, 11) is 0. The van der Waals surface area contributed by atoms with E-state index in [0.29, 0.717) is 0 Å². The number of hydrogen-bond donors (Lipinski definition) is 0. The van der Waals surface area contributed by atoms with E-state index in [-0.39, 0.29) is 16.3 Å². The molecule has 0 unspecified atom stereocenters. The molecule has 0 N–H and O–H groups in total. The van der Waals surface area contributed by atoms with Gasteiger partial charge in [0.25, 0.3) is 0 Å². The third-order valence-corrected chi connectivity index (χ3v) is 2.12. The van der Waals surface area contributed by atoms with Crippen molar-refractivity contribution in [1.82, 2.24) is 4.98 Å². The van der Waals surface area contributed by atoms with E-state index in [2.05, 4.69) is 4.98 Å². The molecule has 0 bridgehead atoms. The van der Waals surface area contributed by atoms with Crippen molar-refractivity contribution in [2.24, 2.45) is 0 Å². The molecule has 3 nitrogen and oxygen atoms in total. The molecule has 5 heteroatoms. The number of rotatable bonds is 2. The zero-order chi connectivity index (χ0) is 10.8. The molecule has 0 aliphatic rings. The Hall–Kier alpha value is -1.68. The standard InChI is InChI=1S/C10H5ClFNO2/c11-10-8(1-2-15-10)9(14)6-3-7(12)5-13-4-6/h1-5H. The lowest BCUT2D eigenvalue weighted by Gasteiger charge is -1.97. The van der Waals surface area contributed by atoms with Gasteiger partial charge in [0.2, 0.25) is 5.22 Å². The van der Waals surface area contributed by atoms with Crippen molar-refractivity contribution in [2.75, 3.05) is 0 Å². The predicted molar refractivity (Wildman–Crippen MR) is 51.3 cm³/mol. The molecule has 76 valence electrons. The monoisotopic (exact) mass is 225 g/mol. The SMILES string of the molecule is O=C(c1cncc(F)c1)c1ccoc1Cl. The van der Waals surface area contributed by atoms with Crippen molar-refractivity contribution in [3.63, 3.8) is 0 Å². The Morgan fingerprint density at radius 1 is 1.47 bits per heavy atom. The highest BCUT2D eigenvalue weighted by Crippen LogP contribution is 2.20. The molecule has 0 radical (unpaired) electrons. The van der Waals surface area contributed by atoms with Gasteiger partial charge in [0, 0.05) is 11.8 Å². The number of furan rings is 1. The van der Waals surface area contributed by atoms with Gasteiger partial charge in [0.1, 0.15) is 5.82 Å². The summed E-state index contributed by atoms with van der Waals surface area (Å²) >= 11 is 5.62. The van der Waals surface area contributed by atoms with Gasteiger partial charge in [-0.1, -0.05) is 0 Å². The first-order chi connectivity index (χ1) is 7.18. The fourth-order valence-corrected chi connectivity index (χ4v) is 1.35. The Balaban J connectivity index is 2.41. The fraction of sp³-hybridized carbons (Fsp3) is 0. The first-order valence-electron chi connectivity index (χ1n) is 4.07. The molecule has 2 aromatic heterocycles. The quantitative estimate of drug-likeness (QED) is 0.738. The molecular formula is C10H5ClFNO2. The topological polar surface area (TPSA) is 43.1 Å². The van der Waals surface area contributed by atoms with Gasteiger partial charge in [-0.2, -0.15) is 0 Å². The Labute approximate surface area is 89.5 Å². The second kappa shape index (κ2) is 3.82.